The number of fused-ring (bicyclic) bond motifs is 1. The Morgan fingerprint density at radius 1 is 1.32 bits per heavy atom. The Hall–Kier alpha value is -1.31. The maximum Gasteiger partial charge on any atom is 0.331 e. The Kier molecular flexibility index (Phi) is 4.05. The maximum absolute atomic E-state index is 11.3. The predicted octanol–water partition coefficient (Wildman–Crippen LogP) is 4.82. The molecule has 120 valence electrons. The van der Waals surface area contributed by atoms with Crippen LogP contribution in [0.3, 0.4) is 0 Å². The first-order valence-electron chi connectivity index (χ1n) is 8.63. The molecule has 0 aromatic rings. The van der Waals surface area contributed by atoms with Gasteiger partial charge in [-0.3, -0.25) is 0 Å². The lowest BCUT2D eigenvalue weighted by Crippen LogP contribution is -2.41. The zero-order valence-electron chi connectivity index (χ0n) is 14.1. The number of hydrogen-bond donors (Lipinski definition) is 0. The van der Waals surface area contributed by atoms with Gasteiger partial charge >= 0.3 is 5.97 Å². The molecule has 2 aliphatic carbocycles. The van der Waals surface area contributed by atoms with Gasteiger partial charge < -0.3 is 4.74 Å². The minimum absolute atomic E-state index is 0.169. The summed E-state index contributed by atoms with van der Waals surface area (Å²) in [7, 11) is 0. The molecule has 0 radical (unpaired) electrons. The molecule has 3 rings (SSSR count). The van der Waals surface area contributed by atoms with Crippen LogP contribution in [0.15, 0.2) is 36.0 Å². The molecule has 2 fully saturated rings. The molecule has 22 heavy (non-hydrogen) atoms. The van der Waals surface area contributed by atoms with Gasteiger partial charge in [-0.2, -0.15) is 0 Å². The predicted molar refractivity (Wildman–Crippen MR) is 89.3 cm³/mol. The minimum Gasteiger partial charge on any atom is -0.450 e. The topological polar surface area (TPSA) is 26.3 Å². The number of cyclic esters (lactones) is 1. The fourth-order valence-electron chi connectivity index (χ4n) is 4.82. The monoisotopic (exact) mass is 300 g/mol. The fourth-order valence-corrected chi connectivity index (χ4v) is 4.82. The third-order valence-electron chi connectivity index (χ3n) is 6.12. The summed E-state index contributed by atoms with van der Waals surface area (Å²) in [6.45, 7) is 11.2. The van der Waals surface area contributed by atoms with Gasteiger partial charge in [0.1, 0.15) is 6.10 Å². The standard InChI is InChI=1S/C20H28O2/c1-13-7-9-17-16(6-5-11-20(17,3)4)15(13)8-10-18-14(2)12-19(21)22-18/h8,10,12,15-18H,1,5-7,9,11H2,2-4H3/b10-8+. The van der Waals surface area contributed by atoms with Crippen LogP contribution >= 0.6 is 0 Å². The lowest BCUT2D eigenvalue weighted by atomic mass is 9.55. The summed E-state index contributed by atoms with van der Waals surface area (Å²) in [4.78, 5) is 11.3. The van der Waals surface area contributed by atoms with Crippen molar-refractivity contribution in [2.24, 2.45) is 23.2 Å². The summed E-state index contributed by atoms with van der Waals surface area (Å²) in [5.74, 6) is 1.74. The lowest BCUT2D eigenvalue weighted by Gasteiger charge is -2.50. The van der Waals surface area contributed by atoms with Crippen molar-refractivity contribution in [3.63, 3.8) is 0 Å². The van der Waals surface area contributed by atoms with Crippen molar-refractivity contribution in [3.8, 4) is 0 Å². The molecular formula is C20H28O2. The van der Waals surface area contributed by atoms with Gasteiger partial charge in [0.25, 0.3) is 0 Å². The van der Waals surface area contributed by atoms with Crippen LogP contribution in [0.1, 0.15) is 52.9 Å². The van der Waals surface area contributed by atoms with Gasteiger partial charge in [0.15, 0.2) is 0 Å². The molecule has 1 aliphatic heterocycles. The molecule has 4 atom stereocenters. The first-order chi connectivity index (χ1) is 10.4. The van der Waals surface area contributed by atoms with E-state index in [0.29, 0.717) is 17.3 Å². The van der Waals surface area contributed by atoms with Crippen molar-refractivity contribution in [2.45, 2.75) is 59.0 Å². The Bertz CT molecular complexity index is 538. The van der Waals surface area contributed by atoms with Crippen molar-refractivity contribution >= 4 is 5.97 Å². The highest BCUT2D eigenvalue weighted by atomic mass is 16.5. The summed E-state index contributed by atoms with van der Waals surface area (Å²) in [5, 5.41) is 0. The molecule has 3 aliphatic rings. The number of esters is 1. The average molecular weight is 300 g/mol. The number of carbonyl (C=O) groups is 1. The highest BCUT2D eigenvalue weighted by Gasteiger charge is 2.44. The van der Waals surface area contributed by atoms with Gasteiger partial charge in [-0.05, 0) is 61.5 Å². The van der Waals surface area contributed by atoms with Gasteiger partial charge in [0, 0.05) is 12.0 Å². The summed E-state index contributed by atoms with van der Waals surface area (Å²) >= 11 is 0. The van der Waals surface area contributed by atoms with Gasteiger partial charge in [-0.1, -0.05) is 38.5 Å². The fraction of sp³-hybridized carbons (Fsp3) is 0.650. The number of ether oxygens (including phenoxy) is 1. The van der Waals surface area contributed by atoms with E-state index < -0.39 is 0 Å². The third-order valence-corrected chi connectivity index (χ3v) is 6.12. The Balaban J connectivity index is 1.78. The smallest absolute Gasteiger partial charge is 0.331 e. The SMILES string of the molecule is C=C1CCC2C(CCCC2(C)C)C1/C=C/C1OC(=O)C=C1C. The van der Waals surface area contributed by atoms with Crippen molar-refractivity contribution in [1.82, 2.24) is 0 Å². The van der Waals surface area contributed by atoms with Crippen LogP contribution in [-0.2, 0) is 9.53 Å². The second kappa shape index (κ2) is 5.72. The van der Waals surface area contributed by atoms with E-state index in [4.69, 9.17) is 4.74 Å². The molecule has 0 bridgehead atoms. The molecular weight excluding hydrogens is 272 g/mol. The summed E-state index contributed by atoms with van der Waals surface area (Å²) in [5.41, 5.74) is 2.81. The van der Waals surface area contributed by atoms with Crippen LogP contribution in [0, 0.1) is 23.2 Å². The average Bonchev–Trinajstić information content (AvgIpc) is 2.75. The zero-order chi connectivity index (χ0) is 15.9. The van der Waals surface area contributed by atoms with E-state index in [0.717, 1.165) is 17.9 Å². The van der Waals surface area contributed by atoms with Gasteiger partial charge in [0.05, 0.1) is 0 Å². The van der Waals surface area contributed by atoms with Crippen LogP contribution in [-0.4, -0.2) is 12.1 Å². The molecule has 2 nitrogen and oxygen atoms in total. The first-order valence-corrected chi connectivity index (χ1v) is 8.63. The van der Waals surface area contributed by atoms with Crippen LogP contribution < -0.4 is 0 Å². The highest BCUT2D eigenvalue weighted by Crippen LogP contribution is 2.53. The quantitative estimate of drug-likeness (QED) is 0.539. The summed E-state index contributed by atoms with van der Waals surface area (Å²) < 4.78 is 5.33. The second-order valence-electron chi connectivity index (χ2n) is 8.00. The lowest BCUT2D eigenvalue weighted by molar-refractivity contribution is -0.137. The van der Waals surface area contributed by atoms with Crippen molar-refractivity contribution in [1.29, 1.82) is 0 Å². The molecule has 0 saturated heterocycles. The van der Waals surface area contributed by atoms with E-state index in [2.05, 4.69) is 32.6 Å². The van der Waals surface area contributed by atoms with Crippen LogP contribution in [0.5, 0.6) is 0 Å². The Labute approximate surface area is 134 Å². The number of rotatable bonds is 2. The van der Waals surface area contributed by atoms with E-state index in [-0.39, 0.29) is 12.1 Å². The number of hydrogen-bond acceptors (Lipinski definition) is 2. The van der Waals surface area contributed by atoms with E-state index in [1.165, 1.54) is 31.3 Å². The number of carbonyl (C=O) groups excluding carboxylic acids is 1. The maximum atomic E-state index is 11.3. The molecule has 2 saturated carbocycles. The summed E-state index contributed by atoms with van der Waals surface area (Å²) in [6.07, 6.45) is 12.2. The Morgan fingerprint density at radius 3 is 2.77 bits per heavy atom. The highest BCUT2D eigenvalue weighted by molar-refractivity contribution is 5.86. The van der Waals surface area contributed by atoms with Gasteiger partial charge in [-0.15, -0.1) is 0 Å². The molecule has 1 heterocycles. The van der Waals surface area contributed by atoms with Crippen molar-refractivity contribution in [2.75, 3.05) is 0 Å². The zero-order valence-corrected chi connectivity index (χ0v) is 14.1. The van der Waals surface area contributed by atoms with Gasteiger partial charge in [-0.25, -0.2) is 4.79 Å². The van der Waals surface area contributed by atoms with Gasteiger partial charge in [0.2, 0.25) is 0 Å². The van der Waals surface area contributed by atoms with Crippen molar-refractivity contribution < 1.29 is 9.53 Å². The second-order valence-corrected chi connectivity index (χ2v) is 8.00. The van der Waals surface area contributed by atoms with E-state index in [9.17, 15) is 4.79 Å². The molecule has 0 amide bonds. The molecule has 0 N–H and O–H groups in total. The molecule has 2 heteroatoms. The van der Waals surface area contributed by atoms with Crippen molar-refractivity contribution in [3.05, 3.63) is 36.0 Å². The third kappa shape index (κ3) is 2.80. The molecule has 0 aromatic carbocycles. The van der Waals surface area contributed by atoms with Crippen LogP contribution in [0.4, 0.5) is 0 Å². The van der Waals surface area contributed by atoms with E-state index in [1.54, 1.807) is 6.08 Å². The van der Waals surface area contributed by atoms with Crippen LogP contribution in [0.2, 0.25) is 0 Å². The molecule has 0 spiro atoms. The molecule has 0 aromatic heterocycles. The first kappa shape index (κ1) is 15.6. The Morgan fingerprint density at radius 2 is 2.09 bits per heavy atom. The minimum atomic E-state index is -0.216. The normalized spacial score (nSPS) is 37.9. The number of allylic oxidation sites excluding steroid dienone is 2. The molecule has 4 unspecified atom stereocenters. The largest absolute Gasteiger partial charge is 0.450 e. The van der Waals surface area contributed by atoms with E-state index >= 15 is 0 Å². The van der Waals surface area contributed by atoms with Crippen LogP contribution in [0.25, 0.3) is 0 Å². The van der Waals surface area contributed by atoms with E-state index in [1.807, 2.05) is 6.92 Å². The summed E-state index contributed by atoms with van der Waals surface area (Å²) in [6, 6.07) is 0.